The predicted octanol–water partition coefficient (Wildman–Crippen LogP) is 5.84. The SMILES string of the molecule is Cc1[nH]c2ccccc2c1C(=O)Nc1ccc(Cl)c(S(=O)(=O)Nc2ccccc2Cl)c1. The number of benzene rings is 3. The first kappa shape index (κ1) is 21.2. The van der Waals surface area contributed by atoms with Crippen LogP contribution in [0.5, 0.6) is 0 Å². The normalized spacial score (nSPS) is 11.5. The minimum absolute atomic E-state index is 0.0147. The van der Waals surface area contributed by atoms with Crippen LogP contribution < -0.4 is 10.0 Å². The monoisotopic (exact) mass is 473 g/mol. The van der Waals surface area contributed by atoms with Crippen LogP contribution in [-0.4, -0.2) is 19.3 Å². The van der Waals surface area contributed by atoms with E-state index in [2.05, 4.69) is 15.0 Å². The van der Waals surface area contributed by atoms with Crippen molar-refractivity contribution in [1.29, 1.82) is 0 Å². The number of rotatable bonds is 5. The lowest BCUT2D eigenvalue weighted by Crippen LogP contribution is -2.16. The van der Waals surface area contributed by atoms with Crippen molar-refractivity contribution in [3.63, 3.8) is 0 Å². The Balaban J connectivity index is 1.65. The number of carbonyl (C=O) groups is 1. The Morgan fingerprint density at radius 1 is 0.935 bits per heavy atom. The summed E-state index contributed by atoms with van der Waals surface area (Å²) in [6.45, 7) is 1.81. The van der Waals surface area contributed by atoms with Crippen LogP contribution in [-0.2, 0) is 10.0 Å². The summed E-state index contributed by atoms with van der Waals surface area (Å²) in [6.07, 6.45) is 0. The number of hydrogen-bond acceptors (Lipinski definition) is 3. The van der Waals surface area contributed by atoms with Gasteiger partial charge < -0.3 is 10.3 Å². The van der Waals surface area contributed by atoms with Crippen LogP contribution in [0.1, 0.15) is 16.1 Å². The molecular formula is C22H17Cl2N3O3S. The lowest BCUT2D eigenvalue weighted by molar-refractivity contribution is 0.102. The van der Waals surface area contributed by atoms with E-state index in [9.17, 15) is 13.2 Å². The molecule has 0 aliphatic rings. The van der Waals surface area contributed by atoms with Gasteiger partial charge in [0.15, 0.2) is 0 Å². The average molecular weight is 474 g/mol. The van der Waals surface area contributed by atoms with Crippen LogP contribution in [0.15, 0.2) is 71.6 Å². The van der Waals surface area contributed by atoms with Gasteiger partial charge in [-0.25, -0.2) is 8.42 Å². The number of halogens is 2. The fourth-order valence-corrected chi connectivity index (χ4v) is 5.14. The molecule has 0 radical (unpaired) electrons. The maximum Gasteiger partial charge on any atom is 0.263 e. The van der Waals surface area contributed by atoms with E-state index in [4.69, 9.17) is 23.2 Å². The van der Waals surface area contributed by atoms with Gasteiger partial charge in [0.05, 0.1) is 21.3 Å². The fraction of sp³-hybridized carbons (Fsp3) is 0.0455. The lowest BCUT2D eigenvalue weighted by atomic mass is 10.1. The fourth-order valence-electron chi connectivity index (χ4n) is 3.29. The molecule has 0 unspecified atom stereocenters. The van der Waals surface area contributed by atoms with Gasteiger partial charge in [0.25, 0.3) is 15.9 Å². The standard InChI is InChI=1S/C22H17Cl2N3O3S/c1-13-21(15-6-2-4-8-18(15)25-13)22(28)26-14-10-11-17(24)20(12-14)31(29,30)27-19-9-5-3-7-16(19)23/h2-12,25,27H,1H3,(H,26,28). The number of para-hydroxylation sites is 2. The number of aromatic amines is 1. The summed E-state index contributed by atoms with van der Waals surface area (Å²) < 4.78 is 28.2. The van der Waals surface area contributed by atoms with E-state index in [1.54, 1.807) is 37.3 Å². The Hall–Kier alpha value is -3.00. The molecule has 0 bridgehead atoms. The topological polar surface area (TPSA) is 91.1 Å². The molecule has 1 amide bonds. The molecule has 6 nitrogen and oxygen atoms in total. The number of carbonyl (C=O) groups excluding carboxylic acids is 1. The lowest BCUT2D eigenvalue weighted by Gasteiger charge is -2.13. The van der Waals surface area contributed by atoms with Crippen molar-refractivity contribution >= 4 is 61.4 Å². The highest BCUT2D eigenvalue weighted by molar-refractivity contribution is 7.92. The van der Waals surface area contributed by atoms with Crippen LogP contribution in [0.2, 0.25) is 10.0 Å². The molecule has 158 valence electrons. The number of aryl methyl sites for hydroxylation is 1. The third kappa shape index (κ3) is 4.25. The van der Waals surface area contributed by atoms with E-state index in [0.29, 0.717) is 16.9 Å². The van der Waals surface area contributed by atoms with E-state index < -0.39 is 10.0 Å². The van der Waals surface area contributed by atoms with Gasteiger partial charge in [-0.1, -0.05) is 53.5 Å². The number of nitrogens with one attached hydrogen (secondary N) is 3. The zero-order valence-corrected chi connectivity index (χ0v) is 18.6. The number of anilines is 2. The number of fused-ring (bicyclic) bond motifs is 1. The molecule has 0 aliphatic carbocycles. The maximum atomic E-state index is 12.9. The highest BCUT2D eigenvalue weighted by Crippen LogP contribution is 2.30. The summed E-state index contributed by atoms with van der Waals surface area (Å²) in [5.74, 6) is -0.361. The second-order valence-corrected chi connectivity index (χ2v) is 9.32. The highest BCUT2D eigenvalue weighted by Gasteiger charge is 2.21. The van der Waals surface area contributed by atoms with Crippen molar-refractivity contribution < 1.29 is 13.2 Å². The molecular weight excluding hydrogens is 457 g/mol. The molecule has 31 heavy (non-hydrogen) atoms. The quantitative estimate of drug-likeness (QED) is 0.340. The van der Waals surface area contributed by atoms with E-state index in [-0.39, 0.29) is 26.5 Å². The summed E-state index contributed by atoms with van der Waals surface area (Å²) in [7, 11) is -4.05. The van der Waals surface area contributed by atoms with Gasteiger partial charge in [0, 0.05) is 22.3 Å². The van der Waals surface area contributed by atoms with Crippen molar-refractivity contribution in [2.75, 3.05) is 10.0 Å². The number of hydrogen-bond donors (Lipinski definition) is 3. The summed E-state index contributed by atoms with van der Waals surface area (Å²) in [4.78, 5) is 15.9. The second-order valence-electron chi connectivity index (χ2n) is 6.86. The zero-order valence-electron chi connectivity index (χ0n) is 16.2. The molecule has 3 N–H and O–H groups in total. The van der Waals surface area contributed by atoms with Crippen LogP contribution in [0, 0.1) is 6.92 Å². The van der Waals surface area contributed by atoms with Gasteiger partial charge in [-0.15, -0.1) is 0 Å². The molecule has 0 atom stereocenters. The predicted molar refractivity (Wildman–Crippen MR) is 125 cm³/mol. The molecule has 0 aliphatic heterocycles. The molecule has 3 aromatic carbocycles. The average Bonchev–Trinajstić information content (AvgIpc) is 3.06. The Bertz CT molecular complexity index is 1410. The van der Waals surface area contributed by atoms with Crippen molar-refractivity contribution in [3.8, 4) is 0 Å². The van der Waals surface area contributed by atoms with Crippen molar-refractivity contribution in [3.05, 3.63) is 88.0 Å². The molecule has 1 heterocycles. The molecule has 1 aromatic heterocycles. The smallest absolute Gasteiger partial charge is 0.263 e. The van der Waals surface area contributed by atoms with E-state index in [1.165, 1.54) is 12.1 Å². The number of amides is 1. The van der Waals surface area contributed by atoms with Crippen LogP contribution in [0.25, 0.3) is 10.9 Å². The molecule has 0 saturated heterocycles. The zero-order chi connectivity index (χ0) is 22.2. The van der Waals surface area contributed by atoms with Crippen LogP contribution in [0.3, 0.4) is 0 Å². The molecule has 9 heteroatoms. The molecule has 4 rings (SSSR count). The highest BCUT2D eigenvalue weighted by atomic mass is 35.5. The van der Waals surface area contributed by atoms with Gasteiger partial charge in [0.1, 0.15) is 4.90 Å². The van der Waals surface area contributed by atoms with Gasteiger partial charge in [-0.3, -0.25) is 9.52 Å². The minimum atomic E-state index is -4.05. The third-order valence-corrected chi connectivity index (χ3v) is 6.89. The first-order valence-corrected chi connectivity index (χ1v) is 11.5. The number of H-pyrrole nitrogens is 1. The Labute approximate surface area is 189 Å². The molecule has 4 aromatic rings. The number of aromatic nitrogens is 1. The Morgan fingerprint density at radius 3 is 2.42 bits per heavy atom. The van der Waals surface area contributed by atoms with Gasteiger partial charge in [0.2, 0.25) is 0 Å². The summed E-state index contributed by atoms with van der Waals surface area (Å²) in [5.41, 5.74) is 2.56. The summed E-state index contributed by atoms with van der Waals surface area (Å²) in [6, 6.07) is 18.2. The van der Waals surface area contributed by atoms with Crippen LogP contribution in [0.4, 0.5) is 11.4 Å². The molecule has 0 saturated carbocycles. The number of sulfonamides is 1. The van der Waals surface area contributed by atoms with Crippen molar-refractivity contribution in [2.24, 2.45) is 0 Å². The third-order valence-electron chi connectivity index (χ3n) is 4.72. The van der Waals surface area contributed by atoms with Crippen molar-refractivity contribution in [1.82, 2.24) is 4.98 Å². The van der Waals surface area contributed by atoms with Crippen LogP contribution >= 0.6 is 23.2 Å². The first-order chi connectivity index (χ1) is 14.8. The van der Waals surface area contributed by atoms with E-state index in [0.717, 1.165) is 10.9 Å². The maximum absolute atomic E-state index is 12.9. The molecule has 0 fully saturated rings. The second kappa shape index (κ2) is 8.26. The molecule has 0 spiro atoms. The summed E-state index contributed by atoms with van der Waals surface area (Å²) >= 11 is 12.2. The summed E-state index contributed by atoms with van der Waals surface area (Å²) in [5, 5.41) is 3.80. The first-order valence-electron chi connectivity index (χ1n) is 9.22. The Morgan fingerprint density at radius 2 is 1.65 bits per heavy atom. The largest absolute Gasteiger partial charge is 0.358 e. The minimum Gasteiger partial charge on any atom is -0.358 e. The Kier molecular flexibility index (Phi) is 5.66. The van der Waals surface area contributed by atoms with Gasteiger partial charge in [-0.2, -0.15) is 0 Å². The van der Waals surface area contributed by atoms with Gasteiger partial charge >= 0.3 is 0 Å². The van der Waals surface area contributed by atoms with E-state index in [1.807, 2.05) is 24.3 Å². The van der Waals surface area contributed by atoms with E-state index >= 15 is 0 Å². The van der Waals surface area contributed by atoms with Crippen molar-refractivity contribution in [2.45, 2.75) is 11.8 Å². The van der Waals surface area contributed by atoms with Gasteiger partial charge in [-0.05, 0) is 43.3 Å².